The summed E-state index contributed by atoms with van der Waals surface area (Å²) in [5.41, 5.74) is 4.51. The van der Waals surface area contributed by atoms with Crippen LogP contribution in [0.5, 0.6) is 0 Å². The minimum Gasteiger partial charge on any atom is -0.376 e. The summed E-state index contributed by atoms with van der Waals surface area (Å²) in [5.74, 6) is -0.172. The van der Waals surface area contributed by atoms with Gasteiger partial charge in [-0.05, 0) is 49.2 Å². The highest BCUT2D eigenvalue weighted by atomic mass is 16.2. The summed E-state index contributed by atoms with van der Waals surface area (Å²) in [7, 11) is 0. The van der Waals surface area contributed by atoms with E-state index in [1.807, 2.05) is 85.8 Å². The van der Waals surface area contributed by atoms with Crippen molar-refractivity contribution in [2.45, 2.75) is 19.8 Å². The van der Waals surface area contributed by atoms with Gasteiger partial charge in [0.2, 0.25) is 11.8 Å². The van der Waals surface area contributed by atoms with Gasteiger partial charge in [0.15, 0.2) is 0 Å². The van der Waals surface area contributed by atoms with Crippen LogP contribution in [0, 0.1) is 6.92 Å². The number of hydrogen-bond acceptors (Lipinski definition) is 3. The lowest BCUT2D eigenvalue weighted by Crippen LogP contribution is -2.21. The number of carbonyl (C=O) groups excluding carboxylic acids is 2. The van der Waals surface area contributed by atoms with Gasteiger partial charge in [-0.1, -0.05) is 54.1 Å². The maximum Gasteiger partial charge on any atom is 0.243 e. The number of nitrogens with one attached hydrogen (secondary N) is 3. The first-order valence-electron chi connectivity index (χ1n) is 9.63. The highest BCUT2D eigenvalue weighted by molar-refractivity contribution is 5.94. The molecule has 0 radical (unpaired) electrons. The molecule has 0 spiro atoms. The molecule has 0 atom stereocenters. The molecule has 0 saturated carbocycles. The summed E-state index contributed by atoms with van der Waals surface area (Å²) >= 11 is 0. The average Bonchev–Trinajstić information content (AvgIpc) is 2.73. The molecule has 3 N–H and O–H groups in total. The fourth-order valence-electron chi connectivity index (χ4n) is 2.86. The molecule has 0 fully saturated rings. The number of amides is 2. The predicted octanol–water partition coefficient (Wildman–Crippen LogP) is 4.62. The molecule has 0 unspecified atom stereocenters. The maximum atomic E-state index is 12.2. The zero-order chi connectivity index (χ0) is 20.5. The zero-order valence-electron chi connectivity index (χ0n) is 16.4. The standard InChI is InChI=1S/C24H25N3O2/c1-18-10-13-20(14-11-18)26-24(29)17-25-21-8-5-9-22(16-21)27-23(28)15-12-19-6-3-2-4-7-19/h2-11,13-14,16,25H,12,15,17H2,1H3,(H,26,29)(H,27,28). The Bertz CT molecular complexity index is 953. The van der Waals surface area contributed by atoms with E-state index >= 15 is 0 Å². The Morgan fingerprint density at radius 2 is 1.41 bits per heavy atom. The second-order valence-electron chi connectivity index (χ2n) is 6.88. The lowest BCUT2D eigenvalue weighted by Gasteiger charge is -2.10. The van der Waals surface area contributed by atoms with E-state index in [1.54, 1.807) is 0 Å². The first-order valence-corrected chi connectivity index (χ1v) is 9.63. The summed E-state index contributed by atoms with van der Waals surface area (Å²) < 4.78 is 0. The number of benzene rings is 3. The molecular weight excluding hydrogens is 362 g/mol. The predicted molar refractivity (Wildman–Crippen MR) is 118 cm³/mol. The van der Waals surface area contributed by atoms with Crippen LogP contribution >= 0.6 is 0 Å². The van der Waals surface area contributed by atoms with E-state index in [9.17, 15) is 9.59 Å². The number of aryl methyl sites for hydroxylation is 2. The normalized spacial score (nSPS) is 10.2. The molecule has 0 aliphatic rings. The van der Waals surface area contributed by atoms with E-state index in [-0.39, 0.29) is 18.4 Å². The van der Waals surface area contributed by atoms with E-state index in [2.05, 4.69) is 16.0 Å². The van der Waals surface area contributed by atoms with E-state index in [1.165, 1.54) is 0 Å². The highest BCUT2D eigenvalue weighted by Crippen LogP contribution is 2.16. The summed E-state index contributed by atoms with van der Waals surface area (Å²) in [6, 6.07) is 24.9. The van der Waals surface area contributed by atoms with Crippen LogP contribution in [-0.4, -0.2) is 18.4 Å². The molecule has 0 aliphatic carbocycles. The average molecular weight is 387 g/mol. The molecule has 3 aromatic carbocycles. The zero-order valence-corrected chi connectivity index (χ0v) is 16.4. The molecule has 3 rings (SSSR count). The van der Waals surface area contributed by atoms with Gasteiger partial charge < -0.3 is 16.0 Å². The number of hydrogen-bond donors (Lipinski definition) is 3. The summed E-state index contributed by atoms with van der Waals surface area (Å²) in [6.45, 7) is 2.14. The lowest BCUT2D eigenvalue weighted by atomic mass is 10.1. The number of carbonyl (C=O) groups is 2. The molecule has 29 heavy (non-hydrogen) atoms. The van der Waals surface area contributed by atoms with Gasteiger partial charge in [0.25, 0.3) is 0 Å². The first-order chi connectivity index (χ1) is 14.1. The Labute approximate surface area is 171 Å². The highest BCUT2D eigenvalue weighted by Gasteiger charge is 2.06. The fraction of sp³-hybridized carbons (Fsp3) is 0.167. The van der Waals surface area contributed by atoms with Crippen molar-refractivity contribution in [1.29, 1.82) is 0 Å². The van der Waals surface area contributed by atoms with Gasteiger partial charge in [0.1, 0.15) is 0 Å². The van der Waals surface area contributed by atoms with Crippen molar-refractivity contribution in [2.24, 2.45) is 0 Å². The Morgan fingerprint density at radius 3 is 2.17 bits per heavy atom. The molecule has 0 bridgehead atoms. The monoisotopic (exact) mass is 387 g/mol. The molecule has 0 saturated heterocycles. The molecule has 0 aromatic heterocycles. The van der Waals surface area contributed by atoms with Gasteiger partial charge in [0.05, 0.1) is 6.54 Å². The Kier molecular flexibility index (Phi) is 7.00. The van der Waals surface area contributed by atoms with Gasteiger partial charge in [-0.3, -0.25) is 9.59 Å². The molecule has 2 amide bonds. The summed E-state index contributed by atoms with van der Waals surface area (Å²) in [6.07, 6.45) is 1.12. The largest absolute Gasteiger partial charge is 0.376 e. The second-order valence-corrected chi connectivity index (χ2v) is 6.88. The Morgan fingerprint density at radius 1 is 0.724 bits per heavy atom. The molecule has 0 heterocycles. The fourth-order valence-corrected chi connectivity index (χ4v) is 2.86. The minimum absolute atomic E-state index is 0.0388. The Hall–Kier alpha value is -3.60. The van der Waals surface area contributed by atoms with Crippen LogP contribution in [0.3, 0.4) is 0 Å². The smallest absolute Gasteiger partial charge is 0.243 e. The van der Waals surface area contributed by atoms with Crippen molar-refractivity contribution in [1.82, 2.24) is 0 Å². The van der Waals surface area contributed by atoms with E-state index in [0.29, 0.717) is 18.5 Å². The Balaban J connectivity index is 1.46. The number of rotatable bonds is 8. The van der Waals surface area contributed by atoms with Crippen LogP contribution in [0.1, 0.15) is 17.5 Å². The topological polar surface area (TPSA) is 70.2 Å². The van der Waals surface area contributed by atoms with Crippen molar-refractivity contribution in [3.05, 3.63) is 90.0 Å². The first kappa shape index (κ1) is 20.1. The molecule has 148 valence electrons. The quantitative estimate of drug-likeness (QED) is 0.528. The van der Waals surface area contributed by atoms with Crippen molar-refractivity contribution in [2.75, 3.05) is 22.5 Å². The van der Waals surface area contributed by atoms with E-state index in [0.717, 1.165) is 22.5 Å². The van der Waals surface area contributed by atoms with Crippen LogP contribution in [0.15, 0.2) is 78.9 Å². The van der Waals surface area contributed by atoms with Crippen LogP contribution in [0.4, 0.5) is 17.1 Å². The molecular formula is C24H25N3O2. The second kappa shape index (κ2) is 10.1. The van der Waals surface area contributed by atoms with Gasteiger partial charge in [-0.25, -0.2) is 0 Å². The van der Waals surface area contributed by atoms with Crippen LogP contribution in [0.2, 0.25) is 0 Å². The van der Waals surface area contributed by atoms with Gasteiger partial charge in [0, 0.05) is 23.5 Å². The van der Waals surface area contributed by atoms with Crippen molar-refractivity contribution in [3.8, 4) is 0 Å². The van der Waals surface area contributed by atoms with E-state index < -0.39 is 0 Å². The lowest BCUT2D eigenvalue weighted by molar-refractivity contribution is -0.116. The number of anilines is 3. The van der Waals surface area contributed by atoms with Gasteiger partial charge in [-0.15, -0.1) is 0 Å². The van der Waals surface area contributed by atoms with Gasteiger partial charge in [-0.2, -0.15) is 0 Å². The third kappa shape index (κ3) is 6.81. The van der Waals surface area contributed by atoms with Crippen LogP contribution in [-0.2, 0) is 16.0 Å². The van der Waals surface area contributed by atoms with Crippen LogP contribution in [0.25, 0.3) is 0 Å². The van der Waals surface area contributed by atoms with E-state index in [4.69, 9.17) is 0 Å². The molecule has 5 heteroatoms. The van der Waals surface area contributed by atoms with Gasteiger partial charge >= 0.3 is 0 Å². The third-order valence-electron chi connectivity index (χ3n) is 4.42. The van der Waals surface area contributed by atoms with Crippen LogP contribution < -0.4 is 16.0 Å². The van der Waals surface area contributed by atoms with Crippen molar-refractivity contribution >= 4 is 28.9 Å². The molecule has 3 aromatic rings. The van der Waals surface area contributed by atoms with Crippen molar-refractivity contribution < 1.29 is 9.59 Å². The molecule has 5 nitrogen and oxygen atoms in total. The van der Waals surface area contributed by atoms with Crippen molar-refractivity contribution in [3.63, 3.8) is 0 Å². The summed E-state index contributed by atoms with van der Waals surface area (Å²) in [4.78, 5) is 24.3. The SMILES string of the molecule is Cc1ccc(NC(=O)CNc2cccc(NC(=O)CCc3ccccc3)c2)cc1. The third-order valence-corrected chi connectivity index (χ3v) is 4.42. The summed E-state index contributed by atoms with van der Waals surface area (Å²) in [5, 5.41) is 8.84. The molecule has 0 aliphatic heterocycles. The maximum absolute atomic E-state index is 12.2. The minimum atomic E-state index is -0.133.